The number of primary amides is 1. The molecule has 0 aliphatic heterocycles. The second-order valence-electron chi connectivity index (χ2n) is 5.67. The van der Waals surface area contributed by atoms with Crippen molar-refractivity contribution in [2.45, 2.75) is 39.5 Å². The number of unbranched alkanes of at least 4 members (excludes halogenated alkanes) is 1. The molecule has 136 valence electrons. The molecule has 3 N–H and O–H groups in total. The van der Waals surface area contributed by atoms with E-state index in [1.54, 1.807) is 13.8 Å². The number of nitrogens with two attached hydrogens (primary N) is 1. The van der Waals surface area contributed by atoms with Crippen molar-refractivity contribution in [3.63, 3.8) is 0 Å². The summed E-state index contributed by atoms with van der Waals surface area (Å²) in [5, 5.41) is 6.04. The van der Waals surface area contributed by atoms with Gasteiger partial charge >= 0.3 is 0 Å². The summed E-state index contributed by atoms with van der Waals surface area (Å²) in [6.07, 6.45) is 1.93. The summed E-state index contributed by atoms with van der Waals surface area (Å²) in [7, 11) is 0. The van der Waals surface area contributed by atoms with E-state index in [2.05, 4.69) is 15.3 Å². The van der Waals surface area contributed by atoms with Crippen LogP contribution in [0, 0.1) is 11.8 Å². The molecule has 0 bridgehead atoms. The maximum absolute atomic E-state index is 11.9. The summed E-state index contributed by atoms with van der Waals surface area (Å²) in [4.78, 5) is 37.3. The zero-order valence-electron chi connectivity index (χ0n) is 14.4. The van der Waals surface area contributed by atoms with Crippen LogP contribution in [0.25, 0.3) is 10.4 Å². The Morgan fingerprint density at radius 1 is 1.25 bits per heavy atom. The molecule has 0 fully saturated rings. The Hall–Kier alpha value is -2.12. The summed E-state index contributed by atoms with van der Waals surface area (Å²) in [6, 6.07) is 0. The lowest BCUT2D eigenvalue weighted by Gasteiger charge is -2.14. The van der Waals surface area contributed by atoms with Crippen LogP contribution in [0.2, 0.25) is 0 Å². The van der Waals surface area contributed by atoms with Gasteiger partial charge in [-0.1, -0.05) is 25.4 Å². The van der Waals surface area contributed by atoms with Crippen molar-refractivity contribution in [1.82, 2.24) is 5.32 Å². The van der Waals surface area contributed by atoms with Gasteiger partial charge in [-0.2, -0.15) is 0 Å². The number of Topliss-reactive ketones (excluding diaryl/α,β-unsaturated/α-hetero) is 1. The second kappa shape index (κ2) is 13.3. The van der Waals surface area contributed by atoms with E-state index in [0.717, 1.165) is 0 Å². The van der Waals surface area contributed by atoms with Crippen LogP contribution in [-0.4, -0.2) is 43.9 Å². The normalized spacial score (nSPS) is 11.6. The quantitative estimate of drug-likeness (QED) is 0.161. The standard InChI is InChI=1S/C15H27N5O4/c1-11(2)14(22)12(15(16)23)5-3-4-7-18-13(21)6-9-24-10-8-19-20-17/h11-12H,3-10H2,1-2H3,(H2,16,23)(H,18,21). The Balaban J connectivity index is 3.76. The largest absolute Gasteiger partial charge is 0.381 e. The van der Waals surface area contributed by atoms with Gasteiger partial charge in [-0.05, 0) is 18.4 Å². The lowest BCUT2D eigenvalue weighted by molar-refractivity contribution is -0.134. The molecule has 24 heavy (non-hydrogen) atoms. The van der Waals surface area contributed by atoms with Gasteiger partial charge < -0.3 is 15.8 Å². The van der Waals surface area contributed by atoms with Crippen molar-refractivity contribution >= 4 is 17.6 Å². The molecule has 1 atom stereocenters. The maximum atomic E-state index is 11.9. The van der Waals surface area contributed by atoms with Crippen LogP contribution in [0.5, 0.6) is 0 Å². The zero-order chi connectivity index (χ0) is 18.4. The minimum atomic E-state index is -0.745. The van der Waals surface area contributed by atoms with E-state index in [1.165, 1.54) is 0 Å². The van der Waals surface area contributed by atoms with E-state index in [4.69, 9.17) is 16.0 Å². The number of carbonyl (C=O) groups excluding carboxylic acids is 3. The molecule has 0 aromatic carbocycles. The highest BCUT2D eigenvalue weighted by Crippen LogP contribution is 2.14. The van der Waals surface area contributed by atoms with Crippen LogP contribution >= 0.6 is 0 Å². The fourth-order valence-electron chi connectivity index (χ4n) is 2.03. The number of ketones is 1. The molecular weight excluding hydrogens is 314 g/mol. The van der Waals surface area contributed by atoms with Gasteiger partial charge in [0.1, 0.15) is 5.78 Å². The number of hydrogen-bond donors (Lipinski definition) is 2. The summed E-state index contributed by atoms with van der Waals surface area (Å²) in [6.45, 7) is 4.75. The molecule has 1 unspecified atom stereocenters. The molecule has 0 aliphatic rings. The highest BCUT2D eigenvalue weighted by Gasteiger charge is 2.25. The Kier molecular flexibility index (Phi) is 12.2. The molecule has 0 saturated carbocycles. The van der Waals surface area contributed by atoms with Gasteiger partial charge in [0, 0.05) is 30.3 Å². The van der Waals surface area contributed by atoms with Crippen molar-refractivity contribution in [3.05, 3.63) is 10.4 Å². The number of ether oxygens (including phenoxy) is 1. The Morgan fingerprint density at radius 3 is 2.54 bits per heavy atom. The second-order valence-corrected chi connectivity index (χ2v) is 5.67. The third kappa shape index (κ3) is 10.6. The molecule has 9 heteroatoms. The molecule has 0 rings (SSSR count). The third-order valence-electron chi connectivity index (χ3n) is 3.37. The average Bonchev–Trinajstić information content (AvgIpc) is 2.53. The number of hydrogen-bond acceptors (Lipinski definition) is 5. The van der Waals surface area contributed by atoms with Crippen LogP contribution in [-0.2, 0) is 19.1 Å². The molecule has 0 spiro atoms. The van der Waals surface area contributed by atoms with Crippen molar-refractivity contribution in [3.8, 4) is 0 Å². The lowest BCUT2D eigenvalue weighted by Crippen LogP contribution is -2.33. The first-order valence-corrected chi connectivity index (χ1v) is 8.08. The van der Waals surface area contributed by atoms with E-state index >= 15 is 0 Å². The first-order valence-electron chi connectivity index (χ1n) is 8.08. The SMILES string of the molecule is CC(C)C(=O)C(CCCCNC(=O)CCOCCN=[N+]=[N-])C(N)=O. The van der Waals surface area contributed by atoms with Gasteiger partial charge in [0.25, 0.3) is 0 Å². The Bertz CT molecular complexity index is 461. The maximum Gasteiger partial charge on any atom is 0.228 e. The predicted molar refractivity (Wildman–Crippen MR) is 88.8 cm³/mol. The van der Waals surface area contributed by atoms with E-state index in [-0.39, 0.29) is 43.8 Å². The third-order valence-corrected chi connectivity index (χ3v) is 3.37. The minimum Gasteiger partial charge on any atom is -0.381 e. The zero-order valence-corrected chi connectivity index (χ0v) is 14.4. The van der Waals surface area contributed by atoms with E-state index in [0.29, 0.717) is 25.8 Å². The fourth-order valence-corrected chi connectivity index (χ4v) is 2.03. The van der Waals surface area contributed by atoms with Crippen LogP contribution in [0.1, 0.15) is 39.5 Å². The minimum absolute atomic E-state index is 0.135. The van der Waals surface area contributed by atoms with Crippen molar-refractivity contribution in [1.29, 1.82) is 0 Å². The van der Waals surface area contributed by atoms with Crippen LogP contribution in [0.4, 0.5) is 0 Å². The van der Waals surface area contributed by atoms with Gasteiger partial charge in [0.2, 0.25) is 11.8 Å². The number of azide groups is 1. The molecule has 0 aromatic heterocycles. The summed E-state index contributed by atoms with van der Waals surface area (Å²) < 4.78 is 5.13. The molecule has 0 aromatic rings. The van der Waals surface area contributed by atoms with Gasteiger partial charge in [-0.15, -0.1) is 0 Å². The first-order chi connectivity index (χ1) is 11.4. The van der Waals surface area contributed by atoms with Crippen molar-refractivity contribution < 1.29 is 19.1 Å². The van der Waals surface area contributed by atoms with Crippen LogP contribution < -0.4 is 11.1 Å². The average molecular weight is 341 g/mol. The highest BCUT2D eigenvalue weighted by atomic mass is 16.5. The highest BCUT2D eigenvalue weighted by molar-refractivity contribution is 6.01. The van der Waals surface area contributed by atoms with E-state index < -0.39 is 11.8 Å². The van der Waals surface area contributed by atoms with Crippen molar-refractivity contribution in [2.75, 3.05) is 26.3 Å². The lowest BCUT2D eigenvalue weighted by atomic mass is 9.90. The van der Waals surface area contributed by atoms with E-state index in [1.807, 2.05) is 0 Å². The monoisotopic (exact) mass is 341 g/mol. The van der Waals surface area contributed by atoms with Crippen LogP contribution in [0.3, 0.4) is 0 Å². The molecule has 0 saturated heterocycles. The number of carbonyl (C=O) groups is 3. The number of amides is 2. The van der Waals surface area contributed by atoms with Gasteiger partial charge in [0.05, 0.1) is 19.1 Å². The van der Waals surface area contributed by atoms with Gasteiger partial charge in [0.15, 0.2) is 0 Å². The predicted octanol–water partition coefficient (Wildman–Crippen LogP) is 1.32. The van der Waals surface area contributed by atoms with Crippen molar-refractivity contribution in [2.24, 2.45) is 22.7 Å². The molecule has 9 nitrogen and oxygen atoms in total. The van der Waals surface area contributed by atoms with E-state index in [9.17, 15) is 14.4 Å². The summed E-state index contributed by atoms with van der Waals surface area (Å²) in [5.41, 5.74) is 13.3. The van der Waals surface area contributed by atoms with Gasteiger partial charge in [-0.25, -0.2) is 0 Å². The topological polar surface area (TPSA) is 147 Å². The molecular formula is C15H27N5O4. The molecule has 2 amide bonds. The Labute approximate surface area is 141 Å². The van der Waals surface area contributed by atoms with Gasteiger partial charge in [-0.3, -0.25) is 14.4 Å². The smallest absolute Gasteiger partial charge is 0.228 e. The summed E-state index contributed by atoms with van der Waals surface area (Å²) in [5.74, 6) is -1.82. The van der Waals surface area contributed by atoms with Crippen LogP contribution in [0.15, 0.2) is 5.11 Å². The first kappa shape index (κ1) is 21.9. The molecule has 0 heterocycles. The molecule has 0 aliphatic carbocycles. The fraction of sp³-hybridized carbons (Fsp3) is 0.800. The number of rotatable bonds is 14. The Morgan fingerprint density at radius 2 is 1.96 bits per heavy atom. The number of nitrogens with one attached hydrogen (secondary N) is 1. The summed E-state index contributed by atoms with van der Waals surface area (Å²) >= 11 is 0. The molecule has 0 radical (unpaired) electrons. The number of nitrogens with zero attached hydrogens (tertiary/aromatic N) is 3.